The molecule has 120 valence electrons. The Balaban J connectivity index is 1.96. The minimum Gasteiger partial charge on any atom is -0.452 e. The number of amides is 1. The Labute approximate surface area is 140 Å². The second kappa shape index (κ2) is 7.34. The van der Waals surface area contributed by atoms with E-state index in [4.69, 9.17) is 27.9 Å². The highest BCUT2D eigenvalue weighted by Crippen LogP contribution is 2.23. The molecular formula is C16H19Cl2NO3. The number of rotatable bonds is 3. The minimum atomic E-state index is -0.602. The van der Waals surface area contributed by atoms with Gasteiger partial charge in [0.25, 0.3) is 5.91 Å². The fourth-order valence-corrected chi connectivity index (χ4v) is 3.40. The number of hydrogen-bond acceptors (Lipinski definition) is 3. The van der Waals surface area contributed by atoms with Gasteiger partial charge in [-0.05, 0) is 51.3 Å². The highest BCUT2D eigenvalue weighted by Gasteiger charge is 2.29. The summed E-state index contributed by atoms with van der Waals surface area (Å²) in [5.74, 6) is -0.767. The van der Waals surface area contributed by atoms with E-state index in [9.17, 15) is 9.59 Å². The van der Waals surface area contributed by atoms with Crippen LogP contribution in [0.15, 0.2) is 18.2 Å². The fourth-order valence-electron chi connectivity index (χ4n) is 2.87. The van der Waals surface area contributed by atoms with Crippen molar-refractivity contribution in [1.82, 2.24) is 4.90 Å². The molecule has 0 spiro atoms. The van der Waals surface area contributed by atoms with Crippen molar-refractivity contribution in [3.05, 3.63) is 33.8 Å². The molecule has 1 aromatic carbocycles. The summed E-state index contributed by atoms with van der Waals surface area (Å²) >= 11 is 11.7. The Morgan fingerprint density at radius 3 is 2.23 bits per heavy atom. The molecule has 0 aromatic heterocycles. The van der Waals surface area contributed by atoms with Crippen LogP contribution in [0.3, 0.4) is 0 Å². The molecule has 1 heterocycles. The molecule has 1 aromatic rings. The van der Waals surface area contributed by atoms with Gasteiger partial charge in [-0.1, -0.05) is 23.2 Å². The van der Waals surface area contributed by atoms with E-state index in [1.165, 1.54) is 18.2 Å². The molecule has 0 N–H and O–H groups in total. The summed E-state index contributed by atoms with van der Waals surface area (Å²) in [5.41, 5.74) is 0.241. The first kappa shape index (κ1) is 17.1. The third-order valence-electron chi connectivity index (χ3n) is 3.91. The molecule has 6 heteroatoms. The van der Waals surface area contributed by atoms with Crippen LogP contribution >= 0.6 is 23.2 Å². The van der Waals surface area contributed by atoms with Gasteiger partial charge < -0.3 is 9.64 Å². The number of carbonyl (C=O) groups is 2. The van der Waals surface area contributed by atoms with Gasteiger partial charge in [-0.25, -0.2) is 4.79 Å². The van der Waals surface area contributed by atoms with E-state index in [2.05, 4.69) is 0 Å². The quantitative estimate of drug-likeness (QED) is 0.781. The van der Waals surface area contributed by atoms with E-state index in [1.807, 2.05) is 18.7 Å². The summed E-state index contributed by atoms with van der Waals surface area (Å²) in [5, 5.41) is 0.702. The largest absolute Gasteiger partial charge is 0.452 e. The molecule has 0 saturated carbocycles. The van der Waals surface area contributed by atoms with E-state index in [-0.39, 0.29) is 30.2 Å². The lowest BCUT2D eigenvalue weighted by Crippen LogP contribution is -2.49. The summed E-state index contributed by atoms with van der Waals surface area (Å²) in [6, 6.07) is 4.81. The van der Waals surface area contributed by atoms with Crippen LogP contribution in [0.4, 0.5) is 0 Å². The summed E-state index contributed by atoms with van der Waals surface area (Å²) in [6.07, 6.45) is 3.08. The zero-order valence-corrected chi connectivity index (χ0v) is 14.2. The molecule has 4 nitrogen and oxygen atoms in total. The average molecular weight is 344 g/mol. The predicted octanol–water partition coefficient (Wildman–Crippen LogP) is 3.94. The second-order valence-electron chi connectivity index (χ2n) is 5.66. The van der Waals surface area contributed by atoms with Crippen LogP contribution in [0.5, 0.6) is 0 Å². The van der Waals surface area contributed by atoms with Crippen molar-refractivity contribution < 1.29 is 14.3 Å². The van der Waals surface area contributed by atoms with E-state index >= 15 is 0 Å². The molecule has 22 heavy (non-hydrogen) atoms. The topological polar surface area (TPSA) is 46.6 Å². The first-order valence-corrected chi connectivity index (χ1v) is 8.08. The van der Waals surface area contributed by atoms with Crippen LogP contribution in [0.1, 0.15) is 43.5 Å². The van der Waals surface area contributed by atoms with Crippen LogP contribution in [-0.2, 0) is 9.53 Å². The van der Waals surface area contributed by atoms with Crippen molar-refractivity contribution in [2.75, 3.05) is 6.61 Å². The van der Waals surface area contributed by atoms with E-state index in [0.29, 0.717) is 10.0 Å². The molecule has 2 atom stereocenters. The van der Waals surface area contributed by atoms with Crippen LogP contribution in [0, 0.1) is 0 Å². The van der Waals surface area contributed by atoms with Crippen molar-refractivity contribution in [1.29, 1.82) is 0 Å². The normalized spacial score (nSPS) is 21.5. The number of hydrogen-bond donors (Lipinski definition) is 0. The van der Waals surface area contributed by atoms with Gasteiger partial charge >= 0.3 is 5.97 Å². The number of piperidine rings is 1. The molecule has 1 saturated heterocycles. The smallest absolute Gasteiger partial charge is 0.338 e. The minimum absolute atomic E-state index is 0.166. The van der Waals surface area contributed by atoms with Crippen molar-refractivity contribution in [2.24, 2.45) is 0 Å². The Morgan fingerprint density at radius 2 is 1.68 bits per heavy atom. The van der Waals surface area contributed by atoms with E-state index in [1.54, 1.807) is 0 Å². The first-order chi connectivity index (χ1) is 10.4. The first-order valence-electron chi connectivity index (χ1n) is 7.33. The zero-order chi connectivity index (χ0) is 16.3. The molecule has 0 aliphatic carbocycles. The molecule has 0 bridgehead atoms. The van der Waals surface area contributed by atoms with Crippen LogP contribution in [-0.4, -0.2) is 35.5 Å². The number of benzene rings is 1. The lowest BCUT2D eigenvalue weighted by atomic mass is 9.97. The van der Waals surface area contributed by atoms with Crippen molar-refractivity contribution >= 4 is 35.1 Å². The summed E-state index contributed by atoms with van der Waals surface area (Å²) < 4.78 is 5.10. The Hall–Kier alpha value is -1.26. The van der Waals surface area contributed by atoms with Gasteiger partial charge in [0, 0.05) is 22.1 Å². The Kier molecular flexibility index (Phi) is 5.70. The maximum atomic E-state index is 12.3. The summed E-state index contributed by atoms with van der Waals surface area (Å²) in [7, 11) is 0. The van der Waals surface area contributed by atoms with Crippen LogP contribution in [0.25, 0.3) is 0 Å². The number of halogens is 2. The van der Waals surface area contributed by atoms with E-state index < -0.39 is 5.97 Å². The number of carbonyl (C=O) groups excluding carboxylic acids is 2. The molecular weight excluding hydrogens is 325 g/mol. The monoisotopic (exact) mass is 343 g/mol. The molecule has 1 fully saturated rings. The lowest BCUT2D eigenvalue weighted by Gasteiger charge is -2.38. The second-order valence-corrected chi connectivity index (χ2v) is 6.54. The Bertz CT molecular complexity index is 546. The zero-order valence-electron chi connectivity index (χ0n) is 12.6. The van der Waals surface area contributed by atoms with Crippen LogP contribution < -0.4 is 0 Å². The molecule has 2 rings (SSSR count). The summed E-state index contributed by atoms with van der Waals surface area (Å²) in [4.78, 5) is 26.1. The van der Waals surface area contributed by atoms with Crippen molar-refractivity contribution in [3.63, 3.8) is 0 Å². The number of nitrogens with zero attached hydrogens (tertiary/aromatic N) is 1. The SMILES string of the molecule is C[C@H]1CCC[C@H](C)N1C(=O)COC(=O)c1cc(Cl)cc(Cl)c1. The standard InChI is InChI=1S/C16H19Cl2NO3/c1-10-4-3-5-11(2)19(10)15(20)9-22-16(21)12-6-13(17)8-14(18)7-12/h6-8,10-11H,3-5,9H2,1-2H3/t10-,11-/m0/s1. The van der Waals surface area contributed by atoms with Gasteiger partial charge in [-0.2, -0.15) is 0 Å². The van der Waals surface area contributed by atoms with E-state index in [0.717, 1.165) is 19.3 Å². The maximum absolute atomic E-state index is 12.3. The van der Waals surface area contributed by atoms with Crippen LogP contribution in [0.2, 0.25) is 10.0 Å². The molecule has 0 radical (unpaired) electrons. The molecule has 1 aliphatic rings. The third kappa shape index (κ3) is 4.14. The van der Waals surface area contributed by atoms with Crippen molar-refractivity contribution in [2.45, 2.75) is 45.2 Å². The summed E-state index contributed by atoms with van der Waals surface area (Å²) in [6.45, 7) is 3.77. The van der Waals surface area contributed by atoms with Crippen molar-refractivity contribution in [3.8, 4) is 0 Å². The predicted molar refractivity (Wildman–Crippen MR) is 86.4 cm³/mol. The third-order valence-corrected chi connectivity index (χ3v) is 4.34. The molecule has 0 unspecified atom stereocenters. The average Bonchev–Trinajstić information content (AvgIpc) is 2.43. The number of esters is 1. The van der Waals surface area contributed by atoms with Gasteiger partial charge in [0.1, 0.15) is 0 Å². The van der Waals surface area contributed by atoms with Gasteiger partial charge in [-0.3, -0.25) is 4.79 Å². The highest BCUT2D eigenvalue weighted by atomic mass is 35.5. The van der Waals surface area contributed by atoms with Gasteiger partial charge in [0.05, 0.1) is 5.56 Å². The Morgan fingerprint density at radius 1 is 1.14 bits per heavy atom. The van der Waals surface area contributed by atoms with Gasteiger partial charge in [0.2, 0.25) is 0 Å². The van der Waals surface area contributed by atoms with Gasteiger partial charge in [-0.15, -0.1) is 0 Å². The van der Waals surface area contributed by atoms with Gasteiger partial charge in [0.15, 0.2) is 6.61 Å². The molecule has 1 aliphatic heterocycles. The molecule has 1 amide bonds. The number of ether oxygens (including phenoxy) is 1. The lowest BCUT2D eigenvalue weighted by molar-refractivity contribution is -0.140. The highest BCUT2D eigenvalue weighted by molar-refractivity contribution is 6.35. The maximum Gasteiger partial charge on any atom is 0.338 e. The number of likely N-dealkylation sites (tertiary alicyclic amines) is 1. The fraction of sp³-hybridized carbons (Fsp3) is 0.500.